The monoisotopic (exact) mass is 305 g/mol. The minimum absolute atomic E-state index is 0.00835. The van der Waals surface area contributed by atoms with E-state index in [4.69, 9.17) is 0 Å². The highest BCUT2D eigenvalue weighted by Crippen LogP contribution is 2.17. The number of likely N-dealkylation sites (tertiary alicyclic amines) is 1. The average Bonchev–Trinajstić information content (AvgIpc) is 3.25. The molecule has 2 atom stereocenters. The van der Waals surface area contributed by atoms with Crippen LogP contribution in [0.4, 0.5) is 0 Å². The zero-order valence-corrected chi connectivity index (χ0v) is 12.7. The highest BCUT2D eigenvalue weighted by Gasteiger charge is 2.27. The zero-order valence-electron chi connectivity index (χ0n) is 12.7. The number of hydrogen-bond donors (Lipinski definition) is 3. The summed E-state index contributed by atoms with van der Waals surface area (Å²) >= 11 is 0. The lowest BCUT2D eigenvalue weighted by molar-refractivity contribution is -0.123. The molecule has 1 aromatic heterocycles. The average molecular weight is 305 g/mol. The number of nitrogens with zero attached hydrogens (tertiary/aromatic N) is 2. The van der Waals surface area contributed by atoms with Gasteiger partial charge >= 0.3 is 0 Å². The Kier molecular flexibility index (Phi) is 4.72. The first-order chi connectivity index (χ1) is 10.7. The molecule has 2 aliphatic heterocycles. The van der Waals surface area contributed by atoms with E-state index in [1.807, 2.05) is 4.90 Å². The van der Waals surface area contributed by atoms with E-state index in [1.54, 1.807) is 12.3 Å². The maximum atomic E-state index is 12.3. The SMILES string of the molecule is O=C(NCC1CCCN(C(=O)c2ccn[nH]2)C1)C1CCCN1. The number of hydrogen-bond acceptors (Lipinski definition) is 4. The molecular formula is C15H23N5O2. The quantitative estimate of drug-likeness (QED) is 0.737. The molecule has 1 aromatic rings. The van der Waals surface area contributed by atoms with Gasteiger partial charge in [-0.25, -0.2) is 0 Å². The third-order valence-electron chi connectivity index (χ3n) is 4.48. The minimum Gasteiger partial charge on any atom is -0.354 e. The highest BCUT2D eigenvalue weighted by atomic mass is 16.2. The summed E-state index contributed by atoms with van der Waals surface area (Å²) in [6.07, 6.45) is 5.59. The molecule has 7 heteroatoms. The molecule has 0 saturated carbocycles. The zero-order chi connectivity index (χ0) is 15.4. The molecule has 0 aliphatic carbocycles. The molecule has 2 fully saturated rings. The van der Waals surface area contributed by atoms with E-state index in [0.717, 1.165) is 38.8 Å². The molecule has 0 aromatic carbocycles. The topological polar surface area (TPSA) is 90.1 Å². The third kappa shape index (κ3) is 3.47. The first-order valence-corrected chi connectivity index (χ1v) is 8.04. The van der Waals surface area contributed by atoms with Crippen LogP contribution in [0.15, 0.2) is 12.3 Å². The second kappa shape index (κ2) is 6.91. The number of aromatic nitrogens is 2. The van der Waals surface area contributed by atoms with Crippen molar-refractivity contribution < 1.29 is 9.59 Å². The second-order valence-electron chi connectivity index (χ2n) is 6.12. The van der Waals surface area contributed by atoms with Crippen LogP contribution in [0.1, 0.15) is 36.2 Å². The van der Waals surface area contributed by atoms with Gasteiger partial charge in [-0.15, -0.1) is 0 Å². The Labute approximate surface area is 129 Å². The number of piperidine rings is 1. The molecule has 22 heavy (non-hydrogen) atoms. The summed E-state index contributed by atoms with van der Waals surface area (Å²) in [6.45, 7) is 3.03. The normalized spacial score (nSPS) is 25.2. The Hall–Kier alpha value is -1.89. The predicted octanol–water partition coefficient (Wildman–Crippen LogP) is 0.130. The molecule has 3 rings (SSSR count). The fraction of sp³-hybridized carbons (Fsp3) is 0.667. The van der Waals surface area contributed by atoms with Crippen molar-refractivity contribution in [3.05, 3.63) is 18.0 Å². The van der Waals surface area contributed by atoms with Gasteiger partial charge in [-0.05, 0) is 44.2 Å². The molecular weight excluding hydrogens is 282 g/mol. The molecule has 2 saturated heterocycles. The number of H-pyrrole nitrogens is 1. The van der Waals surface area contributed by atoms with E-state index in [0.29, 0.717) is 24.7 Å². The summed E-state index contributed by atoms with van der Waals surface area (Å²) in [5.41, 5.74) is 0.528. The van der Waals surface area contributed by atoms with E-state index in [2.05, 4.69) is 20.8 Å². The fourth-order valence-electron chi connectivity index (χ4n) is 3.24. The van der Waals surface area contributed by atoms with E-state index < -0.39 is 0 Å². The van der Waals surface area contributed by atoms with Crippen molar-refractivity contribution in [1.29, 1.82) is 0 Å². The van der Waals surface area contributed by atoms with E-state index in [9.17, 15) is 9.59 Å². The lowest BCUT2D eigenvalue weighted by Gasteiger charge is -2.32. The summed E-state index contributed by atoms with van der Waals surface area (Å²) in [6, 6.07) is 1.66. The van der Waals surface area contributed by atoms with Gasteiger partial charge in [-0.1, -0.05) is 0 Å². The van der Waals surface area contributed by atoms with Crippen LogP contribution >= 0.6 is 0 Å². The lowest BCUT2D eigenvalue weighted by atomic mass is 9.97. The summed E-state index contributed by atoms with van der Waals surface area (Å²) < 4.78 is 0. The van der Waals surface area contributed by atoms with Crippen LogP contribution in [0.5, 0.6) is 0 Å². The van der Waals surface area contributed by atoms with Gasteiger partial charge in [0.2, 0.25) is 5.91 Å². The van der Waals surface area contributed by atoms with E-state index in [1.165, 1.54) is 0 Å². The first-order valence-electron chi connectivity index (χ1n) is 8.04. The van der Waals surface area contributed by atoms with Crippen molar-refractivity contribution in [1.82, 2.24) is 25.7 Å². The van der Waals surface area contributed by atoms with Gasteiger partial charge in [0, 0.05) is 25.8 Å². The van der Waals surface area contributed by atoms with Gasteiger partial charge in [0.1, 0.15) is 5.69 Å². The summed E-state index contributed by atoms with van der Waals surface area (Å²) in [7, 11) is 0. The molecule has 7 nitrogen and oxygen atoms in total. The van der Waals surface area contributed by atoms with Crippen molar-refractivity contribution in [2.45, 2.75) is 31.7 Å². The number of rotatable bonds is 4. The van der Waals surface area contributed by atoms with Crippen LogP contribution in [0.25, 0.3) is 0 Å². The Morgan fingerprint density at radius 1 is 1.36 bits per heavy atom. The van der Waals surface area contributed by atoms with Gasteiger partial charge < -0.3 is 15.5 Å². The van der Waals surface area contributed by atoms with Crippen LogP contribution in [0, 0.1) is 5.92 Å². The molecule has 2 amide bonds. The van der Waals surface area contributed by atoms with Gasteiger partial charge in [0.25, 0.3) is 5.91 Å². The van der Waals surface area contributed by atoms with Gasteiger partial charge in [0.15, 0.2) is 0 Å². The molecule has 3 heterocycles. The van der Waals surface area contributed by atoms with Crippen LogP contribution in [-0.4, -0.2) is 59.1 Å². The summed E-state index contributed by atoms with van der Waals surface area (Å²) in [5.74, 6) is 0.409. The Morgan fingerprint density at radius 3 is 3.00 bits per heavy atom. The van der Waals surface area contributed by atoms with Crippen LogP contribution in [0.2, 0.25) is 0 Å². The van der Waals surface area contributed by atoms with Crippen molar-refractivity contribution >= 4 is 11.8 Å². The summed E-state index contributed by atoms with van der Waals surface area (Å²) in [4.78, 5) is 26.2. The summed E-state index contributed by atoms with van der Waals surface area (Å²) in [5, 5.41) is 12.8. The standard InChI is InChI=1S/C15H23N5O2/c21-14(12-4-1-6-16-12)17-9-11-3-2-8-20(10-11)15(22)13-5-7-18-19-13/h5,7,11-12,16H,1-4,6,8-10H2,(H,17,21)(H,18,19). The van der Waals surface area contributed by atoms with E-state index in [-0.39, 0.29) is 17.9 Å². The van der Waals surface area contributed by atoms with Crippen molar-refractivity contribution in [3.63, 3.8) is 0 Å². The highest BCUT2D eigenvalue weighted by molar-refractivity contribution is 5.92. The number of amides is 2. The third-order valence-corrected chi connectivity index (χ3v) is 4.48. The molecule has 0 bridgehead atoms. The van der Waals surface area contributed by atoms with E-state index >= 15 is 0 Å². The molecule has 120 valence electrons. The predicted molar refractivity (Wildman–Crippen MR) is 81.2 cm³/mol. The number of carbonyl (C=O) groups is 2. The van der Waals surface area contributed by atoms with Crippen LogP contribution in [-0.2, 0) is 4.79 Å². The molecule has 0 spiro atoms. The Morgan fingerprint density at radius 2 is 2.27 bits per heavy atom. The first kappa shape index (κ1) is 15.0. The maximum absolute atomic E-state index is 12.3. The Bertz CT molecular complexity index is 510. The second-order valence-corrected chi connectivity index (χ2v) is 6.12. The van der Waals surface area contributed by atoms with Crippen molar-refractivity contribution in [2.75, 3.05) is 26.2 Å². The smallest absolute Gasteiger partial charge is 0.271 e. The molecule has 3 N–H and O–H groups in total. The molecule has 2 aliphatic rings. The number of aromatic amines is 1. The van der Waals surface area contributed by atoms with Crippen LogP contribution in [0.3, 0.4) is 0 Å². The van der Waals surface area contributed by atoms with Gasteiger partial charge in [-0.3, -0.25) is 14.7 Å². The van der Waals surface area contributed by atoms with Crippen molar-refractivity contribution in [2.24, 2.45) is 5.92 Å². The molecule has 0 radical (unpaired) electrons. The largest absolute Gasteiger partial charge is 0.354 e. The minimum atomic E-state index is -0.0358. The Balaban J connectivity index is 1.48. The number of carbonyl (C=O) groups excluding carboxylic acids is 2. The maximum Gasteiger partial charge on any atom is 0.271 e. The van der Waals surface area contributed by atoms with Crippen molar-refractivity contribution in [3.8, 4) is 0 Å². The van der Waals surface area contributed by atoms with Gasteiger partial charge in [-0.2, -0.15) is 5.10 Å². The molecule has 2 unspecified atom stereocenters. The fourth-order valence-corrected chi connectivity index (χ4v) is 3.24. The van der Waals surface area contributed by atoms with Gasteiger partial charge in [0.05, 0.1) is 6.04 Å². The lowest BCUT2D eigenvalue weighted by Crippen LogP contribution is -2.46. The number of nitrogens with one attached hydrogen (secondary N) is 3. The van der Waals surface area contributed by atoms with Crippen LogP contribution < -0.4 is 10.6 Å².